The maximum absolute atomic E-state index is 12.4. The molecule has 0 spiro atoms. The standard InChI is InChI=1S/C17H21NO2/c1-12-9-13(5-4-8-19)11-14(10-12)16(20)18-17(2,3)15-6-7-15/h9-11,15,19H,6-8H2,1-3H3,(H,18,20). The number of aliphatic hydroxyl groups is 1. The number of amides is 1. The molecule has 20 heavy (non-hydrogen) atoms. The fraction of sp³-hybridized carbons (Fsp3) is 0.471. The largest absolute Gasteiger partial charge is 0.384 e. The lowest BCUT2D eigenvalue weighted by Crippen LogP contribution is -2.45. The number of hydrogen-bond acceptors (Lipinski definition) is 2. The molecule has 3 heteroatoms. The smallest absolute Gasteiger partial charge is 0.251 e. The van der Waals surface area contributed by atoms with Crippen molar-refractivity contribution in [3.05, 3.63) is 34.9 Å². The van der Waals surface area contributed by atoms with Crippen LogP contribution in [0.5, 0.6) is 0 Å². The highest BCUT2D eigenvalue weighted by Crippen LogP contribution is 2.39. The average molecular weight is 271 g/mol. The van der Waals surface area contributed by atoms with Crippen molar-refractivity contribution < 1.29 is 9.90 Å². The Balaban J connectivity index is 2.18. The number of aryl methyl sites for hydroxylation is 1. The second kappa shape index (κ2) is 5.68. The maximum atomic E-state index is 12.4. The van der Waals surface area contributed by atoms with Crippen LogP contribution < -0.4 is 5.32 Å². The second-order valence-electron chi connectivity index (χ2n) is 6.00. The van der Waals surface area contributed by atoms with E-state index >= 15 is 0 Å². The number of rotatable bonds is 3. The second-order valence-corrected chi connectivity index (χ2v) is 6.00. The summed E-state index contributed by atoms with van der Waals surface area (Å²) >= 11 is 0. The van der Waals surface area contributed by atoms with Gasteiger partial charge in [-0.05, 0) is 63.3 Å². The number of nitrogens with one attached hydrogen (secondary N) is 1. The number of hydrogen-bond donors (Lipinski definition) is 2. The van der Waals surface area contributed by atoms with E-state index in [1.54, 1.807) is 6.07 Å². The Morgan fingerprint density at radius 1 is 1.40 bits per heavy atom. The lowest BCUT2D eigenvalue weighted by molar-refractivity contribution is 0.0903. The summed E-state index contributed by atoms with van der Waals surface area (Å²) in [6.07, 6.45) is 2.38. The summed E-state index contributed by atoms with van der Waals surface area (Å²) in [7, 11) is 0. The van der Waals surface area contributed by atoms with Crippen LogP contribution in [-0.2, 0) is 0 Å². The summed E-state index contributed by atoms with van der Waals surface area (Å²) in [5, 5.41) is 11.9. The van der Waals surface area contributed by atoms with Gasteiger partial charge in [0.2, 0.25) is 0 Å². The molecule has 1 aromatic rings. The summed E-state index contributed by atoms with van der Waals surface area (Å²) in [4.78, 5) is 12.4. The van der Waals surface area contributed by atoms with E-state index in [1.165, 1.54) is 12.8 Å². The third-order valence-corrected chi connectivity index (χ3v) is 3.68. The van der Waals surface area contributed by atoms with Gasteiger partial charge in [0.25, 0.3) is 5.91 Å². The Bertz CT molecular complexity index is 574. The van der Waals surface area contributed by atoms with Crippen LogP contribution in [0, 0.1) is 24.7 Å². The molecule has 0 radical (unpaired) electrons. The predicted molar refractivity (Wildman–Crippen MR) is 79.4 cm³/mol. The summed E-state index contributed by atoms with van der Waals surface area (Å²) < 4.78 is 0. The quantitative estimate of drug-likeness (QED) is 0.828. The molecule has 1 aliphatic carbocycles. The van der Waals surface area contributed by atoms with Crippen molar-refractivity contribution in [2.45, 2.75) is 39.2 Å². The summed E-state index contributed by atoms with van der Waals surface area (Å²) in [6, 6.07) is 5.54. The normalized spacial score (nSPS) is 14.4. The Labute approximate surface area is 120 Å². The molecule has 106 valence electrons. The molecule has 2 N–H and O–H groups in total. The van der Waals surface area contributed by atoms with Crippen molar-refractivity contribution in [3.8, 4) is 11.8 Å². The van der Waals surface area contributed by atoms with Gasteiger partial charge in [-0.2, -0.15) is 0 Å². The first kappa shape index (κ1) is 14.6. The monoisotopic (exact) mass is 271 g/mol. The molecule has 0 saturated heterocycles. The van der Waals surface area contributed by atoms with Crippen molar-refractivity contribution in [3.63, 3.8) is 0 Å². The zero-order valence-corrected chi connectivity index (χ0v) is 12.3. The van der Waals surface area contributed by atoms with Crippen molar-refractivity contribution >= 4 is 5.91 Å². The van der Waals surface area contributed by atoms with E-state index in [4.69, 9.17) is 5.11 Å². The number of aliphatic hydroxyl groups excluding tert-OH is 1. The minimum atomic E-state index is -0.176. The molecule has 0 atom stereocenters. The lowest BCUT2D eigenvalue weighted by atomic mass is 9.97. The fourth-order valence-electron chi connectivity index (χ4n) is 2.40. The van der Waals surface area contributed by atoms with Crippen molar-refractivity contribution in [1.82, 2.24) is 5.32 Å². The van der Waals surface area contributed by atoms with Gasteiger partial charge in [0.05, 0.1) is 0 Å². The van der Waals surface area contributed by atoms with Crippen LogP contribution in [0.3, 0.4) is 0 Å². The molecule has 1 amide bonds. The van der Waals surface area contributed by atoms with E-state index < -0.39 is 0 Å². The lowest BCUT2D eigenvalue weighted by Gasteiger charge is -2.26. The van der Waals surface area contributed by atoms with Crippen molar-refractivity contribution in [2.75, 3.05) is 6.61 Å². The van der Waals surface area contributed by atoms with Crippen LogP contribution in [-0.4, -0.2) is 23.2 Å². The molecule has 1 aromatic carbocycles. The van der Waals surface area contributed by atoms with Gasteiger partial charge in [-0.1, -0.05) is 11.8 Å². The van der Waals surface area contributed by atoms with Crippen LogP contribution in [0.1, 0.15) is 48.2 Å². The highest BCUT2D eigenvalue weighted by atomic mass is 16.2. The van der Waals surface area contributed by atoms with E-state index in [1.807, 2.05) is 19.1 Å². The van der Waals surface area contributed by atoms with Gasteiger partial charge in [0.1, 0.15) is 6.61 Å². The number of carbonyl (C=O) groups excluding carboxylic acids is 1. The Morgan fingerprint density at radius 3 is 2.70 bits per heavy atom. The molecule has 3 nitrogen and oxygen atoms in total. The van der Waals surface area contributed by atoms with Gasteiger partial charge in [-0.25, -0.2) is 0 Å². The number of benzene rings is 1. The molecule has 0 unspecified atom stereocenters. The zero-order chi connectivity index (χ0) is 14.8. The Kier molecular flexibility index (Phi) is 4.15. The fourth-order valence-corrected chi connectivity index (χ4v) is 2.40. The van der Waals surface area contributed by atoms with Crippen LogP contribution >= 0.6 is 0 Å². The van der Waals surface area contributed by atoms with Crippen LogP contribution in [0.2, 0.25) is 0 Å². The first-order valence-electron chi connectivity index (χ1n) is 6.96. The summed E-state index contributed by atoms with van der Waals surface area (Å²) in [5.41, 5.74) is 2.22. The molecule has 1 aliphatic rings. The minimum Gasteiger partial charge on any atom is -0.384 e. The third kappa shape index (κ3) is 3.61. The van der Waals surface area contributed by atoms with E-state index in [-0.39, 0.29) is 18.1 Å². The Hall–Kier alpha value is -1.79. The van der Waals surface area contributed by atoms with Gasteiger partial charge in [-0.3, -0.25) is 4.79 Å². The molecule has 2 rings (SSSR count). The van der Waals surface area contributed by atoms with E-state index in [0.29, 0.717) is 11.5 Å². The predicted octanol–water partition coefficient (Wildman–Crippen LogP) is 2.26. The first-order valence-corrected chi connectivity index (χ1v) is 6.96. The Morgan fingerprint density at radius 2 is 2.10 bits per heavy atom. The zero-order valence-electron chi connectivity index (χ0n) is 12.3. The van der Waals surface area contributed by atoms with Crippen molar-refractivity contribution in [1.29, 1.82) is 0 Å². The molecule has 0 heterocycles. The SMILES string of the molecule is Cc1cc(C#CCO)cc(C(=O)NC(C)(C)C2CC2)c1. The van der Waals surface area contributed by atoms with Crippen LogP contribution in [0.4, 0.5) is 0 Å². The van der Waals surface area contributed by atoms with Crippen molar-refractivity contribution in [2.24, 2.45) is 5.92 Å². The summed E-state index contributed by atoms with van der Waals surface area (Å²) in [5.74, 6) is 5.99. The van der Waals surface area contributed by atoms with Crippen LogP contribution in [0.15, 0.2) is 18.2 Å². The molecule has 0 aromatic heterocycles. The van der Waals surface area contributed by atoms with E-state index in [0.717, 1.165) is 11.1 Å². The molecule has 1 saturated carbocycles. The van der Waals surface area contributed by atoms with E-state index in [2.05, 4.69) is 31.0 Å². The highest BCUT2D eigenvalue weighted by molar-refractivity contribution is 5.95. The molecule has 1 fully saturated rings. The minimum absolute atomic E-state index is 0.0577. The molecular weight excluding hydrogens is 250 g/mol. The van der Waals surface area contributed by atoms with Crippen LogP contribution in [0.25, 0.3) is 0 Å². The van der Waals surface area contributed by atoms with E-state index in [9.17, 15) is 4.79 Å². The third-order valence-electron chi connectivity index (χ3n) is 3.68. The molecular formula is C17H21NO2. The molecule has 0 bridgehead atoms. The van der Waals surface area contributed by atoms with Gasteiger partial charge >= 0.3 is 0 Å². The molecule has 0 aliphatic heterocycles. The topological polar surface area (TPSA) is 49.3 Å². The van der Waals surface area contributed by atoms with Gasteiger partial charge in [0, 0.05) is 16.7 Å². The maximum Gasteiger partial charge on any atom is 0.251 e. The highest BCUT2D eigenvalue weighted by Gasteiger charge is 2.38. The van der Waals surface area contributed by atoms with Gasteiger partial charge in [0.15, 0.2) is 0 Å². The van der Waals surface area contributed by atoms with Gasteiger partial charge in [-0.15, -0.1) is 0 Å². The van der Waals surface area contributed by atoms with Gasteiger partial charge < -0.3 is 10.4 Å². The average Bonchev–Trinajstić information content (AvgIpc) is 3.19. The number of carbonyl (C=O) groups is 1. The summed E-state index contributed by atoms with van der Waals surface area (Å²) in [6.45, 7) is 5.91. The first-order chi connectivity index (χ1) is 9.42.